The summed E-state index contributed by atoms with van der Waals surface area (Å²) in [5, 5.41) is 11.2. The highest BCUT2D eigenvalue weighted by atomic mass is 35.5. The summed E-state index contributed by atoms with van der Waals surface area (Å²) in [5.41, 5.74) is 7.43. The van der Waals surface area contributed by atoms with Crippen molar-refractivity contribution >= 4 is 28.1 Å². The van der Waals surface area contributed by atoms with Crippen LogP contribution in [0.1, 0.15) is 36.9 Å². The van der Waals surface area contributed by atoms with Gasteiger partial charge in [-0.25, -0.2) is 13.1 Å². The minimum Gasteiger partial charge on any atom is -0.497 e. The van der Waals surface area contributed by atoms with Crippen LogP contribution >= 0.6 is 12.4 Å². The van der Waals surface area contributed by atoms with E-state index in [4.69, 9.17) is 10.5 Å². The van der Waals surface area contributed by atoms with Crippen molar-refractivity contribution in [2.24, 2.45) is 5.73 Å². The van der Waals surface area contributed by atoms with Crippen LogP contribution in [0.3, 0.4) is 0 Å². The van der Waals surface area contributed by atoms with E-state index < -0.39 is 31.6 Å². The molecule has 0 aromatic heterocycles. The van der Waals surface area contributed by atoms with Gasteiger partial charge in [-0.05, 0) is 29.2 Å². The zero-order valence-electron chi connectivity index (χ0n) is 15.8. The highest BCUT2D eigenvalue weighted by Gasteiger charge is 2.27. The molecule has 0 aliphatic rings. The van der Waals surface area contributed by atoms with Crippen LogP contribution < -0.4 is 15.2 Å². The number of nitrogens with zero attached hydrogens (tertiary/aromatic N) is 1. The van der Waals surface area contributed by atoms with Crippen LogP contribution in [0.4, 0.5) is 5.69 Å². The summed E-state index contributed by atoms with van der Waals surface area (Å²) < 4.78 is 32.3. The Hall–Kier alpha value is -2.20. The van der Waals surface area contributed by atoms with Gasteiger partial charge < -0.3 is 10.5 Å². The average Bonchev–Trinajstić information content (AvgIpc) is 2.65. The van der Waals surface area contributed by atoms with Gasteiger partial charge in [0.1, 0.15) is 5.75 Å². The number of ether oxygens (including phenoxy) is 1. The second kappa shape index (κ2) is 9.83. The fraction of sp³-hybridized carbons (Fsp3) is 0.333. The predicted molar refractivity (Wildman–Crippen MR) is 110 cm³/mol. The Bertz CT molecular complexity index is 917. The van der Waals surface area contributed by atoms with Gasteiger partial charge in [0.15, 0.2) is 4.90 Å². The van der Waals surface area contributed by atoms with Crippen molar-refractivity contribution in [3.8, 4) is 5.75 Å². The number of hydrogen-bond acceptors (Lipinski definition) is 6. The molecule has 0 radical (unpaired) electrons. The monoisotopic (exact) mass is 429 g/mol. The maximum absolute atomic E-state index is 12.5. The van der Waals surface area contributed by atoms with Gasteiger partial charge in [-0.1, -0.05) is 38.1 Å². The second-order valence-electron chi connectivity index (χ2n) is 6.37. The van der Waals surface area contributed by atoms with Crippen LogP contribution in [0, 0.1) is 10.1 Å². The lowest BCUT2D eigenvalue weighted by Crippen LogP contribution is -2.32. The second-order valence-corrected chi connectivity index (χ2v) is 8.11. The zero-order chi connectivity index (χ0) is 20.2. The third-order valence-corrected chi connectivity index (χ3v) is 5.65. The van der Waals surface area contributed by atoms with E-state index in [1.165, 1.54) is 13.2 Å². The molecule has 2 aromatic carbocycles. The standard InChI is InChI=1S/C18H23N3O5S.ClH/c1-12(2)13-4-6-14(7-5-13)16(19)11-20-27(24,25)18-9-8-15(26-3)10-17(18)21(22)23;/h4-10,12,16,20H,11,19H2,1-3H3;1H. The van der Waals surface area contributed by atoms with Gasteiger partial charge in [-0.15, -0.1) is 12.4 Å². The lowest BCUT2D eigenvalue weighted by atomic mass is 9.99. The molecule has 1 unspecified atom stereocenters. The highest BCUT2D eigenvalue weighted by molar-refractivity contribution is 7.89. The largest absolute Gasteiger partial charge is 0.497 e. The smallest absolute Gasteiger partial charge is 0.293 e. The van der Waals surface area contributed by atoms with Crippen LogP contribution in [0.5, 0.6) is 5.75 Å². The molecule has 154 valence electrons. The Morgan fingerprint density at radius 2 is 1.71 bits per heavy atom. The molecule has 10 heteroatoms. The Morgan fingerprint density at radius 1 is 1.14 bits per heavy atom. The normalized spacial score (nSPS) is 12.3. The summed E-state index contributed by atoms with van der Waals surface area (Å²) in [4.78, 5) is 10.0. The number of nitro benzene ring substituents is 1. The molecule has 2 rings (SSSR count). The molecule has 3 N–H and O–H groups in total. The molecular formula is C18H24ClN3O5S. The first-order chi connectivity index (χ1) is 12.7. The molecule has 0 bridgehead atoms. The van der Waals surface area contributed by atoms with Crippen molar-refractivity contribution in [2.75, 3.05) is 13.7 Å². The van der Waals surface area contributed by atoms with E-state index in [2.05, 4.69) is 18.6 Å². The first-order valence-electron chi connectivity index (χ1n) is 8.33. The molecule has 0 aliphatic heterocycles. The summed E-state index contributed by atoms with van der Waals surface area (Å²) in [6.45, 7) is 4.06. The van der Waals surface area contributed by atoms with Gasteiger partial charge in [-0.3, -0.25) is 10.1 Å². The number of methoxy groups -OCH3 is 1. The summed E-state index contributed by atoms with van der Waals surface area (Å²) in [5.74, 6) is 0.576. The van der Waals surface area contributed by atoms with Crippen LogP contribution in [0.2, 0.25) is 0 Å². The fourth-order valence-electron chi connectivity index (χ4n) is 2.52. The Balaban J connectivity index is 0.00000392. The third-order valence-electron chi connectivity index (χ3n) is 4.18. The van der Waals surface area contributed by atoms with Crippen molar-refractivity contribution in [2.45, 2.75) is 30.7 Å². The number of nitrogens with one attached hydrogen (secondary N) is 1. The van der Waals surface area contributed by atoms with E-state index in [0.717, 1.165) is 23.3 Å². The quantitative estimate of drug-likeness (QED) is 0.490. The summed E-state index contributed by atoms with van der Waals surface area (Å²) in [6.07, 6.45) is 0. The maximum atomic E-state index is 12.5. The molecule has 28 heavy (non-hydrogen) atoms. The molecular weight excluding hydrogens is 406 g/mol. The first-order valence-corrected chi connectivity index (χ1v) is 9.81. The summed E-state index contributed by atoms with van der Waals surface area (Å²) >= 11 is 0. The average molecular weight is 430 g/mol. The fourth-order valence-corrected chi connectivity index (χ4v) is 3.73. The van der Waals surface area contributed by atoms with E-state index in [1.54, 1.807) is 0 Å². The molecule has 2 aromatic rings. The van der Waals surface area contributed by atoms with Crippen LogP contribution in [-0.4, -0.2) is 27.0 Å². The van der Waals surface area contributed by atoms with Crippen molar-refractivity contribution < 1.29 is 18.1 Å². The Labute approximate surface area is 170 Å². The molecule has 0 saturated carbocycles. The van der Waals surface area contributed by atoms with Gasteiger partial charge in [0.05, 0.1) is 18.1 Å². The molecule has 0 amide bonds. The number of sulfonamides is 1. The lowest BCUT2D eigenvalue weighted by Gasteiger charge is -2.15. The number of hydrogen-bond donors (Lipinski definition) is 2. The number of rotatable bonds is 8. The van der Waals surface area contributed by atoms with Crippen molar-refractivity contribution in [3.63, 3.8) is 0 Å². The summed E-state index contributed by atoms with van der Waals surface area (Å²) in [6, 6.07) is 10.6. The predicted octanol–water partition coefficient (Wildman–Crippen LogP) is 3.13. The number of nitro groups is 1. The topological polar surface area (TPSA) is 125 Å². The molecule has 0 fully saturated rings. The molecule has 0 spiro atoms. The van der Waals surface area contributed by atoms with Gasteiger partial charge in [0.2, 0.25) is 10.0 Å². The van der Waals surface area contributed by atoms with Gasteiger partial charge in [0, 0.05) is 12.6 Å². The number of nitrogens with two attached hydrogens (primary N) is 1. The zero-order valence-corrected chi connectivity index (χ0v) is 17.4. The van der Waals surface area contributed by atoms with E-state index in [0.29, 0.717) is 5.92 Å². The van der Waals surface area contributed by atoms with Crippen LogP contribution in [-0.2, 0) is 10.0 Å². The van der Waals surface area contributed by atoms with E-state index in [-0.39, 0.29) is 24.7 Å². The van der Waals surface area contributed by atoms with Gasteiger partial charge >= 0.3 is 0 Å². The molecule has 0 saturated heterocycles. The minimum absolute atomic E-state index is 0. The maximum Gasteiger partial charge on any atom is 0.293 e. The van der Waals surface area contributed by atoms with Gasteiger partial charge in [-0.2, -0.15) is 0 Å². The van der Waals surface area contributed by atoms with Crippen LogP contribution in [0.25, 0.3) is 0 Å². The lowest BCUT2D eigenvalue weighted by molar-refractivity contribution is -0.387. The van der Waals surface area contributed by atoms with E-state index in [9.17, 15) is 18.5 Å². The Morgan fingerprint density at radius 3 is 2.21 bits per heavy atom. The Kier molecular flexibility index (Phi) is 8.37. The van der Waals surface area contributed by atoms with Crippen LogP contribution in [0.15, 0.2) is 47.4 Å². The number of benzene rings is 2. The summed E-state index contributed by atoms with van der Waals surface area (Å²) in [7, 11) is -2.77. The molecule has 1 atom stereocenters. The van der Waals surface area contributed by atoms with Crippen molar-refractivity contribution in [1.82, 2.24) is 4.72 Å². The van der Waals surface area contributed by atoms with E-state index >= 15 is 0 Å². The van der Waals surface area contributed by atoms with Crippen molar-refractivity contribution in [3.05, 3.63) is 63.7 Å². The van der Waals surface area contributed by atoms with Crippen molar-refractivity contribution in [1.29, 1.82) is 0 Å². The van der Waals surface area contributed by atoms with Gasteiger partial charge in [0.25, 0.3) is 5.69 Å². The SMILES string of the molecule is COc1ccc(S(=O)(=O)NCC(N)c2ccc(C(C)C)cc2)c([N+](=O)[O-])c1.Cl. The van der Waals surface area contributed by atoms with E-state index in [1.807, 2.05) is 24.3 Å². The third kappa shape index (κ3) is 5.65. The highest BCUT2D eigenvalue weighted by Crippen LogP contribution is 2.28. The molecule has 8 nitrogen and oxygen atoms in total. The number of halogens is 1. The minimum atomic E-state index is -4.11. The molecule has 0 heterocycles. The first kappa shape index (κ1) is 23.8. The molecule has 0 aliphatic carbocycles.